The lowest BCUT2D eigenvalue weighted by Crippen LogP contribution is -2.27. The molecule has 2 rings (SSSR count). The quantitative estimate of drug-likeness (QED) is 0.869. The molecule has 0 spiro atoms. The Balaban J connectivity index is 1.98. The van der Waals surface area contributed by atoms with Crippen molar-refractivity contribution in [1.29, 1.82) is 0 Å². The van der Waals surface area contributed by atoms with Gasteiger partial charge in [0, 0.05) is 49.6 Å². The monoisotopic (exact) mass is 337 g/mol. The van der Waals surface area contributed by atoms with Crippen molar-refractivity contribution in [1.82, 2.24) is 20.1 Å². The third-order valence-electron chi connectivity index (χ3n) is 2.92. The summed E-state index contributed by atoms with van der Waals surface area (Å²) < 4.78 is 2.57. The van der Waals surface area contributed by atoms with Gasteiger partial charge >= 0.3 is 0 Å². The predicted octanol–water partition coefficient (Wildman–Crippen LogP) is 1.59. The van der Waals surface area contributed by atoms with E-state index in [9.17, 15) is 4.79 Å². The Bertz CT molecular complexity index is 611. The normalized spacial score (nSPS) is 10.3. The zero-order valence-electron chi connectivity index (χ0n) is 11.4. The summed E-state index contributed by atoms with van der Waals surface area (Å²) in [6.45, 7) is 0.550. The van der Waals surface area contributed by atoms with Crippen molar-refractivity contribution in [3.05, 3.63) is 40.3 Å². The Hall–Kier alpha value is -1.89. The summed E-state index contributed by atoms with van der Waals surface area (Å²) in [5, 5.41) is 9.88. The van der Waals surface area contributed by atoms with Gasteiger partial charge in [-0.3, -0.25) is 9.48 Å². The molecule has 7 heteroatoms. The van der Waals surface area contributed by atoms with Gasteiger partial charge in [-0.15, -0.1) is 0 Å². The topological polar surface area (TPSA) is 71.8 Å². The summed E-state index contributed by atoms with van der Waals surface area (Å²) >= 11 is 3.32. The fourth-order valence-electron chi connectivity index (χ4n) is 1.86. The van der Waals surface area contributed by atoms with Crippen LogP contribution in [0, 0.1) is 0 Å². The molecular weight excluding hydrogens is 322 g/mol. The van der Waals surface area contributed by atoms with Crippen LogP contribution in [0.4, 0.5) is 5.82 Å². The average Bonchev–Trinajstić information content (AvgIpc) is 2.84. The Morgan fingerprint density at radius 1 is 1.50 bits per heavy atom. The summed E-state index contributed by atoms with van der Waals surface area (Å²) in [4.78, 5) is 16.3. The van der Waals surface area contributed by atoms with E-state index in [1.54, 1.807) is 30.2 Å². The van der Waals surface area contributed by atoms with Crippen LogP contribution in [0.5, 0.6) is 0 Å². The van der Waals surface area contributed by atoms with Crippen LogP contribution in [0.2, 0.25) is 0 Å². The number of aromatic nitrogens is 3. The van der Waals surface area contributed by atoms with Crippen LogP contribution in [0.15, 0.2) is 29.0 Å². The molecule has 0 aliphatic carbocycles. The van der Waals surface area contributed by atoms with E-state index in [2.05, 4.69) is 36.6 Å². The SMILES string of the molecule is CNc1ncc(Br)cc1C(=O)NCCc1ccnn1C. The van der Waals surface area contributed by atoms with E-state index >= 15 is 0 Å². The predicted molar refractivity (Wildman–Crippen MR) is 80.7 cm³/mol. The molecule has 2 aromatic heterocycles. The molecule has 0 aliphatic heterocycles. The molecule has 6 nitrogen and oxygen atoms in total. The smallest absolute Gasteiger partial charge is 0.255 e. The third kappa shape index (κ3) is 3.36. The van der Waals surface area contributed by atoms with Crippen molar-refractivity contribution in [3.63, 3.8) is 0 Å². The largest absolute Gasteiger partial charge is 0.372 e. The number of nitrogens with zero attached hydrogens (tertiary/aromatic N) is 3. The number of anilines is 1. The first-order valence-corrected chi connectivity index (χ1v) is 6.99. The second kappa shape index (κ2) is 6.51. The number of rotatable bonds is 5. The zero-order valence-corrected chi connectivity index (χ0v) is 12.9. The van der Waals surface area contributed by atoms with Crippen molar-refractivity contribution in [2.24, 2.45) is 7.05 Å². The summed E-state index contributed by atoms with van der Waals surface area (Å²) in [6, 6.07) is 3.68. The van der Waals surface area contributed by atoms with Crippen LogP contribution in [0.25, 0.3) is 0 Å². The maximum Gasteiger partial charge on any atom is 0.255 e. The first kappa shape index (κ1) is 14.5. The van der Waals surface area contributed by atoms with Crippen LogP contribution in [-0.2, 0) is 13.5 Å². The number of carbonyl (C=O) groups is 1. The molecular formula is C13H16BrN5O. The van der Waals surface area contributed by atoms with Gasteiger partial charge in [0.25, 0.3) is 5.91 Å². The number of hydrogen-bond acceptors (Lipinski definition) is 4. The minimum absolute atomic E-state index is 0.148. The van der Waals surface area contributed by atoms with Crippen molar-refractivity contribution in [3.8, 4) is 0 Å². The molecule has 2 heterocycles. The molecule has 106 valence electrons. The molecule has 0 unspecified atom stereocenters. The Kier molecular flexibility index (Phi) is 4.73. The van der Waals surface area contributed by atoms with Gasteiger partial charge in [-0.25, -0.2) is 4.98 Å². The zero-order chi connectivity index (χ0) is 14.5. The number of pyridine rings is 1. The number of amides is 1. The first-order chi connectivity index (χ1) is 9.61. The van der Waals surface area contributed by atoms with Crippen molar-refractivity contribution in [2.45, 2.75) is 6.42 Å². The highest BCUT2D eigenvalue weighted by atomic mass is 79.9. The van der Waals surface area contributed by atoms with E-state index in [1.807, 2.05) is 13.1 Å². The van der Waals surface area contributed by atoms with E-state index in [0.29, 0.717) is 17.9 Å². The first-order valence-electron chi connectivity index (χ1n) is 6.20. The molecule has 0 bridgehead atoms. The van der Waals surface area contributed by atoms with Crippen LogP contribution in [0.3, 0.4) is 0 Å². The van der Waals surface area contributed by atoms with Gasteiger partial charge < -0.3 is 10.6 Å². The van der Waals surface area contributed by atoms with E-state index in [1.165, 1.54) is 0 Å². The lowest BCUT2D eigenvalue weighted by atomic mass is 10.2. The minimum Gasteiger partial charge on any atom is -0.372 e. The molecule has 20 heavy (non-hydrogen) atoms. The number of halogens is 1. The van der Waals surface area contributed by atoms with Crippen LogP contribution >= 0.6 is 15.9 Å². The van der Waals surface area contributed by atoms with Gasteiger partial charge in [0.15, 0.2) is 0 Å². The maximum absolute atomic E-state index is 12.2. The lowest BCUT2D eigenvalue weighted by molar-refractivity contribution is 0.0954. The number of nitrogens with one attached hydrogen (secondary N) is 2. The van der Waals surface area contributed by atoms with Gasteiger partial charge in [0.2, 0.25) is 0 Å². The second-order valence-corrected chi connectivity index (χ2v) is 5.17. The highest BCUT2D eigenvalue weighted by Crippen LogP contribution is 2.17. The number of hydrogen-bond donors (Lipinski definition) is 2. The van der Waals surface area contributed by atoms with Gasteiger partial charge in [0.1, 0.15) is 5.82 Å². The maximum atomic E-state index is 12.2. The highest BCUT2D eigenvalue weighted by molar-refractivity contribution is 9.10. The van der Waals surface area contributed by atoms with Crippen LogP contribution in [-0.4, -0.2) is 34.3 Å². The standard InChI is InChI=1S/C13H16BrN5O/c1-15-12-11(7-9(14)8-17-12)13(20)16-5-3-10-4-6-18-19(10)2/h4,6-8H,3,5H2,1-2H3,(H,15,17)(H,16,20). The molecule has 0 saturated heterocycles. The van der Waals surface area contributed by atoms with Gasteiger partial charge in [-0.05, 0) is 28.1 Å². The number of aryl methyl sites for hydroxylation is 1. The van der Waals surface area contributed by atoms with E-state index < -0.39 is 0 Å². The minimum atomic E-state index is -0.148. The number of carbonyl (C=O) groups excluding carboxylic acids is 1. The Labute approximate surface area is 125 Å². The van der Waals surface area contributed by atoms with E-state index in [-0.39, 0.29) is 5.91 Å². The molecule has 0 saturated carbocycles. The summed E-state index contributed by atoms with van der Waals surface area (Å²) in [5.74, 6) is 0.413. The van der Waals surface area contributed by atoms with Crippen molar-refractivity contribution in [2.75, 3.05) is 18.9 Å². The Morgan fingerprint density at radius 2 is 2.30 bits per heavy atom. The lowest BCUT2D eigenvalue weighted by Gasteiger charge is -2.09. The third-order valence-corrected chi connectivity index (χ3v) is 3.36. The van der Waals surface area contributed by atoms with Crippen LogP contribution in [0.1, 0.15) is 16.1 Å². The summed E-state index contributed by atoms with van der Waals surface area (Å²) in [5.41, 5.74) is 1.60. The molecule has 0 radical (unpaired) electrons. The average molecular weight is 338 g/mol. The van der Waals surface area contributed by atoms with Crippen LogP contribution < -0.4 is 10.6 Å². The van der Waals surface area contributed by atoms with Crippen molar-refractivity contribution >= 4 is 27.7 Å². The molecule has 2 aromatic rings. The molecule has 0 aliphatic rings. The molecule has 0 atom stereocenters. The van der Waals surface area contributed by atoms with Gasteiger partial charge in [-0.1, -0.05) is 0 Å². The fraction of sp³-hybridized carbons (Fsp3) is 0.308. The van der Waals surface area contributed by atoms with Crippen molar-refractivity contribution < 1.29 is 4.79 Å². The van der Waals surface area contributed by atoms with E-state index in [0.717, 1.165) is 16.6 Å². The van der Waals surface area contributed by atoms with E-state index in [4.69, 9.17) is 0 Å². The fourth-order valence-corrected chi connectivity index (χ4v) is 2.19. The molecule has 2 N–H and O–H groups in total. The highest BCUT2D eigenvalue weighted by Gasteiger charge is 2.12. The summed E-state index contributed by atoms with van der Waals surface area (Å²) in [6.07, 6.45) is 4.13. The summed E-state index contributed by atoms with van der Waals surface area (Å²) in [7, 11) is 3.62. The van der Waals surface area contributed by atoms with Gasteiger partial charge in [0.05, 0.1) is 5.56 Å². The van der Waals surface area contributed by atoms with Gasteiger partial charge in [-0.2, -0.15) is 5.10 Å². The molecule has 0 aromatic carbocycles. The second-order valence-electron chi connectivity index (χ2n) is 4.25. The molecule has 1 amide bonds. The Morgan fingerprint density at radius 3 is 2.95 bits per heavy atom. The molecule has 0 fully saturated rings.